The summed E-state index contributed by atoms with van der Waals surface area (Å²) in [6.45, 7) is 0.723. The number of carbonyl (C=O) groups is 1. The van der Waals surface area contributed by atoms with Gasteiger partial charge in [-0.3, -0.25) is 4.79 Å². The average Bonchev–Trinajstić information content (AvgIpc) is 2.99. The Morgan fingerprint density at radius 2 is 2.11 bits per heavy atom. The minimum Gasteiger partial charge on any atom is -0.481 e. The SMILES string of the molecule is O=C(O)Cc1ccccc1CNC1CC2CCC1O2. The summed E-state index contributed by atoms with van der Waals surface area (Å²) >= 11 is 0. The van der Waals surface area contributed by atoms with Crippen LogP contribution in [0.3, 0.4) is 0 Å². The minimum atomic E-state index is -0.782. The number of hydrogen-bond acceptors (Lipinski definition) is 3. The quantitative estimate of drug-likeness (QED) is 0.847. The standard InChI is InChI=1S/C15H19NO3/c17-15(18)7-10-3-1-2-4-11(10)9-16-13-8-12-5-6-14(13)19-12/h1-4,12-14,16H,5-9H2,(H,17,18). The van der Waals surface area contributed by atoms with Crippen LogP contribution in [0.5, 0.6) is 0 Å². The van der Waals surface area contributed by atoms with Crippen LogP contribution in [0.25, 0.3) is 0 Å². The van der Waals surface area contributed by atoms with Crippen LogP contribution in [0.4, 0.5) is 0 Å². The van der Waals surface area contributed by atoms with Gasteiger partial charge in [0.15, 0.2) is 0 Å². The Morgan fingerprint density at radius 3 is 2.74 bits per heavy atom. The topological polar surface area (TPSA) is 58.6 Å². The molecule has 2 heterocycles. The van der Waals surface area contributed by atoms with Crippen LogP contribution in [0.1, 0.15) is 30.4 Å². The minimum absolute atomic E-state index is 0.0884. The number of aliphatic carboxylic acids is 1. The van der Waals surface area contributed by atoms with Gasteiger partial charge in [-0.15, -0.1) is 0 Å². The largest absolute Gasteiger partial charge is 0.481 e. The molecule has 2 N–H and O–H groups in total. The molecule has 3 unspecified atom stereocenters. The second-order valence-electron chi connectivity index (χ2n) is 5.44. The van der Waals surface area contributed by atoms with Crippen LogP contribution >= 0.6 is 0 Å². The van der Waals surface area contributed by atoms with Gasteiger partial charge in [0.2, 0.25) is 0 Å². The summed E-state index contributed by atoms with van der Waals surface area (Å²) in [5.41, 5.74) is 1.97. The zero-order valence-corrected chi connectivity index (χ0v) is 10.8. The summed E-state index contributed by atoms with van der Waals surface area (Å²) in [6, 6.07) is 8.17. The van der Waals surface area contributed by atoms with E-state index in [0.717, 1.165) is 30.5 Å². The second kappa shape index (κ2) is 5.31. The molecule has 1 aromatic rings. The molecule has 3 atom stereocenters. The molecule has 3 rings (SSSR count). The first-order valence-corrected chi connectivity index (χ1v) is 6.90. The van der Waals surface area contributed by atoms with E-state index in [9.17, 15) is 4.79 Å². The lowest BCUT2D eigenvalue weighted by Crippen LogP contribution is -2.37. The normalized spacial score (nSPS) is 28.7. The van der Waals surface area contributed by atoms with E-state index in [1.54, 1.807) is 0 Å². The van der Waals surface area contributed by atoms with Gasteiger partial charge in [-0.25, -0.2) is 0 Å². The van der Waals surface area contributed by atoms with E-state index >= 15 is 0 Å². The Balaban J connectivity index is 1.62. The summed E-state index contributed by atoms with van der Waals surface area (Å²) in [5, 5.41) is 12.4. The maximum Gasteiger partial charge on any atom is 0.307 e. The molecule has 0 spiro atoms. The summed E-state index contributed by atoms with van der Waals surface area (Å²) in [5.74, 6) is -0.782. The third-order valence-corrected chi connectivity index (χ3v) is 4.12. The van der Waals surface area contributed by atoms with Crippen LogP contribution < -0.4 is 5.32 Å². The molecule has 2 aliphatic heterocycles. The predicted molar refractivity (Wildman–Crippen MR) is 70.9 cm³/mol. The molecule has 0 radical (unpaired) electrons. The molecule has 0 amide bonds. The molecule has 4 nitrogen and oxygen atoms in total. The Hall–Kier alpha value is -1.39. The van der Waals surface area contributed by atoms with Crippen molar-refractivity contribution < 1.29 is 14.6 Å². The zero-order valence-electron chi connectivity index (χ0n) is 10.8. The van der Waals surface area contributed by atoms with Gasteiger partial charge in [0.25, 0.3) is 0 Å². The average molecular weight is 261 g/mol. The molecule has 0 aromatic heterocycles. The number of nitrogens with one attached hydrogen (secondary N) is 1. The first-order chi connectivity index (χ1) is 9.22. The number of fused-ring (bicyclic) bond motifs is 2. The van der Waals surface area contributed by atoms with Gasteiger partial charge in [-0.2, -0.15) is 0 Å². The van der Waals surface area contributed by atoms with E-state index in [0.29, 0.717) is 18.2 Å². The monoisotopic (exact) mass is 261 g/mol. The smallest absolute Gasteiger partial charge is 0.307 e. The Kier molecular flexibility index (Phi) is 3.53. The zero-order chi connectivity index (χ0) is 13.2. The fourth-order valence-electron chi connectivity index (χ4n) is 3.16. The van der Waals surface area contributed by atoms with Crippen LogP contribution in [0.2, 0.25) is 0 Å². The first-order valence-electron chi connectivity index (χ1n) is 6.90. The number of hydrogen-bond donors (Lipinski definition) is 2. The van der Waals surface area contributed by atoms with E-state index in [-0.39, 0.29) is 6.42 Å². The van der Waals surface area contributed by atoms with Gasteiger partial charge in [0, 0.05) is 12.6 Å². The number of rotatable bonds is 5. The third-order valence-electron chi connectivity index (χ3n) is 4.12. The van der Waals surface area contributed by atoms with Crippen LogP contribution in [-0.4, -0.2) is 29.3 Å². The van der Waals surface area contributed by atoms with Gasteiger partial charge < -0.3 is 15.2 Å². The van der Waals surface area contributed by atoms with Crippen LogP contribution in [0.15, 0.2) is 24.3 Å². The maximum absolute atomic E-state index is 10.8. The lowest BCUT2D eigenvalue weighted by atomic mass is 9.95. The number of carboxylic acids is 1. The Labute approximate surface area is 112 Å². The van der Waals surface area contributed by atoms with Gasteiger partial charge >= 0.3 is 5.97 Å². The van der Waals surface area contributed by atoms with Crippen LogP contribution in [-0.2, 0) is 22.5 Å². The summed E-state index contributed by atoms with van der Waals surface area (Å²) in [7, 11) is 0. The molecular weight excluding hydrogens is 242 g/mol. The molecule has 2 bridgehead atoms. The predicted octanol–water partition coefficient (Wildman–Crippen LogP) is 1.72. The van der Waals surface area contributed by atoms with Gasteiger partial charge in [-0.05, 0) is 30.4 Å². The van der Waals surface area contributed by atoms with E-state index in [2.05, 4.69) is 5.32 Å². The molecule has 4 heteroatoms. The van der Waals surface area contributed by atoms with Crippen molar-refractivity contribution in [2.75, 3.05) is 0 Å². The molecule has 0 saturated carbocycles. The summed E-state index contributed by atoms with van der Waals surface area (Å²) < 4.78 is 5.81. The van der Waals surface area contributed by atoms with Crippen molar-refractivity contribution in [2.45, 2.75) is 50.5 Å². The highest BCUT2D eigenvalue weighted by Gasteiger charge is 2.40. The van der Waals surface area contributed by atoms with Crippen molar-refractivity contribution in [3.05, 3.63) is 35.4 Å². The third kappa shape index (κ3) is 2.80. The van der Waals surface area contributed by atoms with E-state index in [1.165, 1.54) is 6.42 Å². The highest BCUT2D eigenvalue weighted by Crippen LogP contribution is 2.34. The summed E-state index contributed by atoms with van der Waals surface area (Å²) in [4.78, 5) is 10.8. The number of benzene rings is 1. The van der Waals surface area contributed by atoms with Crippen molar-refractivity contribution in [1.29, 1.82) is 0 Å². The molecule has 102 valence electrons. The number of ether oxygens (including phenoxy) is 1. The van der Waals surface area contributed by atoms with Crippen molar-refractivity contribution >= 4 is 5.97 Å². The van der Waals surface area contributed by atoms with Crippen molar-refractivity contribution in [1.82, 2.24) is 5.32 Å². The summed E-state index contributed by atoms with van der Waals surface area (Å²) in [6.07, 6.45) is 4.32. The Morgan fingerprint density at radius 1 is 1.32 bits per heavy atom. The second-order valence-corrected chi connectivity index (χ2v) is 5.44. The lowest BCUT2D eigenvalue weighted by Gasteiger charge is -2.20. The van der Waals surface area contributed by atoms with Crippen molar-refractivity contribution in [3.8, 4) is 0 Å². The van der Waals surface area contributed by atoms with Gasteiger partial charge in [0.1, 0.15) is 0 Å². The number of carboxylic acid groups (broad SMARTS) is 1. The van der Waals surface area contributed by atoms with E-state index in [4.69, 9.17) is 9.84 Å². The molecule has 2 saturated heterocycles. The van der Waals surface area contributed by atoms with E-state index in [1.807, 2.05) is 24.3 Å². The van der Waals surface area contributed by atoms with Gasteiger partial charge in [0.05, 0.1) is 18.6 Å². The van der Waals surface area contributed by atoms with Crippen LogP contribution in [0, 0.1) is 0 Å². The first kappa shape index (κ1) is 12.6. The molecule has 0 aliphatic carbocycles. The fourth-order valence-corrected chi connectivity index (χ4v) is 3.16. The highest BCUT2D eigenvalue weighted by molar-refractivity contribution is 5.70. The molecule has 2 fully saturated rings. The molecule has 2 aliphatic rings. The van der Waals surface area contributed by atoms with Crippen molar-refractivity contribution in [2.24, 2.45) is 0 Å². The maximum atomic E-state index is 10.8. The Bertz CT molecular complexity index is 474. The lowest BCUT2D eigenvalue weighted by molar-refractivity contribution is -0.136. The van der Waals surface area contributed by atoms with Gasteiger partial charge in [-0.1, -0.05) is 24.3 Å². The van der Waals surface area contributed by atoms with Crippen molar-refractivity contribution in [3.63, 3.8) is 0 Å². The molecule has 19 heavy (non-hydrogen) atoms. The molecule has 1 aromatic carbocycles. The fraction of sp³-hybridized carbons (Fsp3) is 0.533. The highest BCUT2D eigenvalue weighted by atomic mass is 16.5. The van der Waals surface area contributed by atoms with E-state index < -0.39 is 5.97 Å². The molecular formula is C15H19NO3.